The molecule has 98 valence electrons. The van der Waals surface area contributed by atoms with E-state index in [1.54, 1.807) is 6.07 Å². The summed E-state index contributed by atoms with van der Waals surface area (Å²) < 4.78 is 14.2. The van der Waals surface area contributed by atoms with E-state index < -0.39 is 0 Å². The molecule has 0 saturated heterocycles. The van der Waals surface area contributed by atoms with E-state index in [0.717, 1.165) is 36.8 Å². The molecule has 2 saturated carbocycles. The lowest BCUT2D eigenvalue weighted by atomic mass is 9.69. The number of halogens is 1. The number of rotatable bonds is 3. The molecule has 0 atom stereocenters. The highest BCUT2D eigenvalue weighted by molar-refractivity contribution is 5.34. The minimum Gasteiger partial charge on any atom is -0.330 e. The molecule has 0 aromatic heterocycles. The highest BCUT2D eigenvalue weighted by atomic mass is 19.1. The zero-order valence-corrected chi connectivity index (χ0v) is 10.9. The lowest BCUT2D eigenvalue weighted by Gasteiger charge is -2.37. The Labute approximate surface area is 109 Å². The van der Waals surface area contributed by atoms with Crippen LogP contribution in [0.2, 0.25) is 0 Å². The third-order valence-electron chi connectivity index (χ3n) is 4.83. The van der Waals surface area contributed by atoms with Gasteiger partial charge in [-0.15, -0.1) is 0 Å². The normalized spacial score (nSPS) is 23.0. The van der Waals surface area contributed by atoms with Gasteiger partial charge in [0, 0.05) is 12.0 Å². The predicted molar refractivity (Wildman–Crippen MR) is 72.2 cm³/mol. The molecule has 0 unspecified atom stereocenters. The predicted octanol–water partition coefficient (Wildman–Crippen LogP) is 3.86. The quantitative estimate of drug-likeness (QED) is 0.862. The molecule has 0 spiro atoms. The summed E-state index contributed by atoms with van der Waals surface area (Å²) in [6, 6.07) is 5.91. The maximum Gasteiger partial charge on any atom is 0.126 e. The van der Waals surface area contributed by atoms with Gasteiger partial charge in [-0.05, 0) is 48.8 Å². The van der Waals surface area contributed by atoms with Crippen molar-refractivity contribution in [2.24, 2.45) is 5.73 Å². The van der Waals surface area contributed by atoms with Gasteiger partial charge in [0.25, 0.3) is 0 Å². The zero-order valence-electron chi connectivity index (χ0n) is 10.9. The lowest BCUT2D eigenvalue weighted by Crippen LogP contribution is -2.37. The first-order chi connectivity index (χ1) is 8.75. The van der Waals surface area contributed by atoms with Crippen LogP contribution in [0.1, 0.15) is 62.0 Å². The first-order valence-corrected chi connectivity index (χ1v) is 7.25. The Hall–Kier alpha value is -0.890. The van der Waals surface area contributed by atoms with Gasteiger partial charge >= 0.3 is 0 Å². The van der Waals surface area contributed by atoms with Gasteiger partial charge < -0.3 is 5.73 Å². The average Bonchev–Trinajstić information content (AvgIpc) is 3.24. The molecule has 1 aromatic carbocycles. The van der Waals surface area contributed by atoms with Gasteiger partial charge in [-0.3, -0.25) is 0 Å². The maximum absolute atomic E-state index is 14.2. The molecule has 2 aliphatic carbocycles. The van der Waals surface area contributed by atoms with Crippen LogP contribution in [0.15, 0.2) is 18.2 Å². The van der Waals surface area contributed by atoms with E-state index >= 15 is 0 Å². The van der Waals surface area contributed by atoms with Crippen molar-refractivity contribution >= 4 is 0 Å². The fraction of sp³-hybridized carbons (Fsp3) is 0.625. The fourth-order valence-corrected chi connectivity index (χ4v) is 3.42. The maximum atomic E-state index is 14.2. The lowest BCUT2D eigenvalue weighted by molar-refractivity contribution is 0.300. The molecule has 3 rings (SSSR count). The average molecular weight is 247 g/mol. The van der Waals surface area contributed by atoms with Crippen LogP contribution < -0.4 is 5.73 Å². The van der Waals surface area contributed by atoms with E-state index in [0.29, 0.717) is 12.5 Å². The third kappa shape index (κ3) is 2.07. The summed E-state index contributed by atoms with van der Waals surface area (Å²) in [5, 5.41) is 0. The Morgan fingerprint density at radius 1 is 1.17 bits per heavy atom. The number of benzene rings is 1. The summed E-state index contributed by atoms with van der Waals surface area (Å²) in [7, 11) is 0. The second kappa shape index (κ2) is 4.65. The van der Waals surface area contributed by atoms with Crippen LogP contribution in [-0.4, -0.2) is 6.54 Å². The van der Waals surface area contributed by atoms with Crippen molar-refractivity contribution in [1.29, 1.82) is 0 Å². The SMILES string of the molecule is NCC1(c2ccc(C3CC3)c(F)c2)CCCCC1. The smallest absolute Gasteiger partial charge is 0.126 e. The Bertz CT molecular complexity index is 431. The van der Waals surface area contributed by atoms with Crippen LogP contribution in [0.3, 0.4) is 0 Å². The Kier molecular flexibility index (Phi) is 3.14. The summed E-state index contributed by atoms with van der Waals surface area (Å²) >= 11 is 0. The van der Waals surface area contributed by atoms with Crippen molar-refractivity contribution in [3.05, 3.63) is 35.1 Å². The molecule has 1 aromatic rings. The first kappa shape index (κ1) is 12.2. The van der Waals surface area contributed by atoms with Gasteiger partial charge in [0.15, 0.2) is 0 Å². The Balaban J connectivity index is 1.92. The molecule has 0 bridgehead atoms. The second-order valence-corrected chi connectivity index (χ2v) is 6.06. The molecule has 0 aliphatic heterocycles. The second-order valence-electron chi connectivity index (χ2n) is 6.06. The largest absolute Gasteiger partial charge is 0.330 e. The molecule has 0 radical (unpaired) electrons. The van der Waals surface area contributed by atoms with Crippen LogP contribution in [0.5, 0.6) is 0 Å². The third-order valence-corrected chi connectivity index (χ3v) is 4.83. The van der Waals surface area contributed by atoms with E-state index in [9.17, 15) is 4.39 Å². The number of hydrogen-bond acceptors (Lipinski definition) is 1. The summed E-state index contributed by atoms with van der Waals surface area (Å²) in [5.74, 6) is 0.479. The van der Waals surface area contributed by atoms with Gasteiger partial charge in [0.2, 0.25) is 0 Å². The topological polar surface area (TPSA) is 26.0 Å². The number of hydrogen-bond donors (Lipinski definition) is 1. The van der Waals surface area contributed by atoms with Crippen LogP contribution in [0, 0.1) is 5.82 Å². The summed E-state index contributed by atoms with van der Waals surface area (Å²) in [5.41, 5.74) is 8.10. The summed E-state index contributed by atoms with van der Waals surface area (Å²) in [4.78, 5) is 0. The minimum absolute atomic E-state index is 0.00611. The van der Waals surface area contributed by atoms with E-state index in [2.05, 4.69) is 6.07 Å². The fourth-order valence-electron chi connectivity index (χ4n) is 3.42. The molecule has 2 fully saturated rings. The molecule has 2 heteroatoms. The van der Waals surface area contributed by atoms with Gasteiger partial charge in [0.1, 0.15) is 5.82 Å². The highest BCUT2D eigenvalue weighted by Crippen LogP contribution is 2.43. The molecular formula is C16H22FN. The van der Waals surface area contributed by atoms with Crippen LogP contribution >= 0.6 is 0 Å². The van der Waals surface area contributed by atoms with Crippen molar-refractivity contribution in [2.45, 2.75) is 56.3 Å². The molecule has 1 nitrogen and oxygen atoms in total. The Morgan fingerprint density at radius 2 is 1.89 bits per heavy atom. The molecular weight excluding hydrogens is 225 g/mol. The van der Waals surface area contributed by atoms with E-state index in [-0.39, 0.29) is 11.2 Å². The molecule has 2 N–H and O–H groups in total. The number of nitrogens with two attached hydrogens (primary N) is 1. The van der Waals surface area contributed by atoms with Gasteiger partial charge in [0.05, 0.1) is 0 Å². The van der Waals surface area contributed by atoms with Gasteiger partial charge in [-0.1, -0.05) is 31.4 Å². The minimum atomic E-state index is -0.00611. The van der Waals surface area contributed by atoms with Crippen molar-refractivity contribution in [3.8, 4) is 0 Å². The summed E-state index contributed by atoms with van der Waals surface area (Å²) in [6.07, 6.45) is 8.28. The van der Waals surface area contributed by atoms with Crippen LogP contribution in [-0.2, 0) is 5.41 Å². The van der Waals surface area contributed by atoms with E-state index in [1.807, 2.05) is 6.07 Å². The Morgan fingerprint density at radius 3 is 2.44 bits per heavy atom. The molecule has 2 aliphatic rings. The first-order valence-electron chi connectivity index (χ1n) is 7.25. The summed E-state index contributed by atoms with van der Waals surface area (Å²) in [6.45, 7) is 0.648. The van der Waals surface area contributed by atoms with Crippen molar-refractivity contribution in [1.82, 2.24) is 0 Å². The van der Waals surface area contributed by atoms with Crippen LogP contribution in [0.25, 0.3) is 0 Å². The highest BCUT2D eigenvalue weighted by Gasteiger charge is 2.34. The van der Waals surface area contributed by atoms with Crippen LogP contribution in [0.4, 0.5) is 4.39 Å². The zero-order chi connectivity index (χ0) is 12.6. The van der Waals surface area contributed by atoms with Gasteiger partial charge in [-0.25, -0.2) is 4.39 Å². The standard InChI is InChI=1S/C16H22FN/c17-15-10-13(6-7-14(15)12-4-5-12)16(11-18)8-2-1-3-9-16/h6-7,10,12H,1-5,8-9,11,18H2. The molecule has 0 heterocycles. The molecule has 0 amide bonds. The molecule has 18 heavy (non-hydrogen) atoms. The van der Waals surface area contributed by atoms with E-state index in [1.165, 1.54) is 19.3 Å². The van der Waals surface area contributed by atoms with Gasteiger partial charge in [-0.2, -0.15) is 0 Å². The van der Waals surface area contributed by atoms with Crippen molar-refractivity contribution in [2.75, 3.05) is 6.54 Å². The van der Waals surface area contributed by atoms with E-state index in [4.69, 9.17) is 5.73 Å². The van der Waals surface area contributed by atoms with Crippen molar-refractivity contribution in [3.63, 3.8) is 0 Å². The van der Waals surface area contributed by atoms with Crippen molar-refractivity contribution < 1.29 is 4.39 Å². The monoisotopic (exact) mass is 247 g/mol.